The Morgan fingerprint density at radius 2 is 1.63 bits per heavy atom. The number of aliphatic carboxylic acids is 1. The third-order valence-electron chi connectivity index (χ3n) is 5.63. The fourth-order valence-electron chi connectivity index (χ4n) is 3.75. The summed E-state index contributed by atoms with van der Waals surface area (Å²) in [6.45, 7) is 8.43. The second kappa shape index (κ2) is 15.5. The first-order chi connectivity index (χ1) is 17.0. The zero-order valence-corrected chi connectivity index (χ0v) is 20.9. The van der Waals surface area contributed by atoms with Crippen LogP contribution in [0.1, 0.15) is 62.6 Å². The van der Waals surface area contributed by atoms with Crippen LogP contribution < -0.4 is 4.74 Å². The second-order valence-electron chi connectivity index (χ2n) is 8.43. The molecular weight excluding hydrogens is 439 g/mol. The summed E-state index contributed by atoms with van der Waals surface area (Å²) in [5.41, 5.74) is 6.61. The van der Waals surface area contributed by atoms with E-state index in [0.29, 0.717) is 6.42 Å². The third kappa shape index (κ3) is 9.78. The van der Waals surface area contributed by atoms with E-state index in [0.717, 1.165) is 43.6 Å². The van der Waals surface area contributed by atoms with E-state index in [1.165, 1.54) is 47.2 Å². The largest absolute Gasteiger partial charge is 0.494 e. The average Bonchev–Trinajstić information content (AvgIpc) is 2.87. The van der Waals surface area contributed by atoms with Crippen LogP contribution in [0.25, 0.3) is 17.2 Å². The maximum Gasteiger partial charge on any atom is 0.303 e. The van der Waals surface area contributed by atoms with Gasteiger partial charge in [0.2, 0.25) is 0 Å². The summed E-state index contributed by atoms with van der Waals surface area (Å²) in [6.07, 6.45) is 8.61. The van der Waals surface area contributed by atoms with Crippen LogP contribution in [0.5, 0.6) is 5.75 Å². The number of carboxylic acids is 1. The van der Waals surface area contributed by atoms with Gasteiger partial charge in [-0.15, -0.1) is 0 Å². The molecule has 0 aliphatic heterocycles. The van der Waals surface area contributed by atoms with E-state index in [1.807, 2.05) is 6.92 Å². The van der Waals surface area contributed by atoms with Gasteiger partial charge in [0.1, 0.15) is 11.6 Å². The Kier molecular flexibility index (Phi) is 12.3. The van der Waals surface area contributed by atoms with Crippen LogP contribution in [0.4, 0.5) is 4.39 Å². The number of benzene rings is 3. The van der Waals surface area contributed by atoms with Gasteiger partial charge in [0.15, 0.2) is 0 Å². The number of fused-ring (bicyclic) bond motifs is 3. The van der Waals surface area contributed by atoms with Crippen LogP contribution in [0.15, 0.2) is 73.3 Å². The molecule has 3 nitrogen and oxygen atoms in total. The highest BCUT2D eigenvalue weighted by Crippen LogP contribution is 2.35. The summed E-state index contributed by atoms with van der Waals surface area (Å²) in [7, 11) is 0. The summed E-state index contributed by atoms with van der Waals surface area (Å²) >= 11 is 0. The van der Waals surface area contributed by atoms with Gasteiger partial charge in [0.25, 0.3) is 0 Å². The van der Waals surface area contributed by atoms with Crippen LogP contribution in [0.2, 0.25) is 0 Å². The molecule has 0 fully saturated rings. The maximum absolute atomic E-state index is 12.2. The van der Waals surface area contributed by atoms with E-state index in [4.69, 9.17) is 9.84 Å². The maximum atomic E-state index is 12.2. The molecule has 1 aliphatic carbocycles. The van der Waals surface area contributed by atoms with Crippen LogP contribution in [-0.4, -0.2) is 17.7 Å². The van der Waals surface area contributed by atoms with E-state index >= 15 is 0 Å². The standard InChI is InChI=1S/C19H22O.C8H7F.C4H8O2/c1-2-3-6-13-20-17-11-12-19-16(14-17)10-9-15-7-4-5-8-18(15)19;1-2-7-3-5-8(9)6-4-7;1-2-3-4(5)6/h4-5,7-8,11-12,14H,2-3,6,9-10,13H2,1H3;2-6H,1H2;2-3H2,1H3,(H,5,6). The lowest BCUT2D eigenvalue weighted by atomic mass is 9.86. The van der Waals surface area contributed by atoms with Crippen molar-refractivity contribution in [2.24, 2.45) is 0 Å². The van der Waals surface area contributed by atoms with Gasteiger partial charge in [0.05, 0.1) is 6.61 Å². The molecule has 0 amide bonds. The molecule has 0 saturated heterocycles. The minimum atomic E-state index is -0.711. The molecule has 0 unspecified atom stereocenters. The number of halogens is 1. The highest BCUT2D eigenvalue weighted by molar-refractivity contribution is 5.73. The molecule has 0 heterocycles. The number of carbonyl (C=O) groups is 1. The molecule has 0 spiro atoms. The van der Waals surface area contributed by atoms with E-state index in [9.17, 15) is 9.18 Å². The Bertz CT molecular complexity index is 1060. The van der Waals surface area contributed by atoms with Crippen molar-refractivity contribution in [2.45, 2.75) is 58.8 Å². The second-order valence-corrected chi connectivity index (χ2v) is 8.43. The molecule has 3 aromatic rings. The van der Waals surface area contributed by atoms with Crippen LogP contribution in [0, 0.1) is 5.82 Å². The zero-order chi connectivity index (χ0) is 25.5. The van der Waals surface area contributed by atoms with Crippen molar-refractivity contribution in [1.82, 2.24) is 0 Å². The number of unbranched alkanes of at least 4 members (excludes halogenated alkanes) is 2. The van der Waals surface area contributed by atoms with E-state index in [-0.39, 0.29) is 5.82 Å². The molecule has 0 aromatic heterocycles. The highest BCUT2D eigenvalue weighted by atomic mass is 19.1. The first-order valence-electron chi connectivity index (χ1n) is 12.4. The van der Waals surface area contributed by atoms with Crippen molar-refractivity contribution in [3.63, 3.8) is 0 Å². The molecule has 0 saturated carbocycles. The number of ether oxygens (including phenoxy) is 1. The van der Waals surface area contributed by atoms with Gasteiger partial charge in [-0.3, -0.25) is 4.79 Å². The van der Waals surface area contributed by atoms with Gasteiger partial charge < -0.3 is 9.84 Å². The number of rotatable bonds is 8. The first-order valence-corrected chi connectivity index (χ1v) is 12.4. The molecule has 3 aromatic carbocycles. The van der Waals surface area contributed by atoms with Crippen LogP contribution in [0.3, 0.4) is 0 Å². The summed E-state index contributed by atoms with van der Waals surface area (Å²) in [5.74, 6) is 0.109. The molecule has 0 radical (unpaired) electrons. The Morgan fingerprint density at radius 1 is 0.943 bits per heavy atom. The Labute approximate surface area is 209 Å². The molecule has 0 bridgehead atoms. The number of hydrogen-bond donors (Lipinski definition) is 1. The quantitative estimate of drug-likeness (QED) is 0.332. The monoisotopic (exact) mass is 476 g/mol. The van der Waals surface area contributed by atoms with Gasteiger partial charge in [-0.1, -0.05) is 81.8 Å². The number of hydrogen-bond acceptors (Lipinski definition) is 2. The lowest BCUT2D eigenvalue weighted by molar-refractivity contribution is -0.137. The summed E-state index contributed by atoms with van der Waals surface area (Å²) in [6, 6.07) is 21.5. The molecule has 4 heteroatoms. The van der Waals surface area contributed by atoms with Gasteiger partial charge >= 0.3 is 5.97 Å². The molecular formula is C31H37FO3. The van der Waals surface area contributed by atoms with Crippen molar-refractivity contribution < 1.29 is 19.0 Å². The molecule has 1 N–H and O–H groups in total. The lowest BCUT2D eigenvalue weighted by Crippen LogP contribution is -2.04. The lowest BCUT2D eigenvalue weighted by Gasteiger charge is -2.20. The Hall–Kier alpha value is -3.40. The van der Waals surface area contributed by atoms with E-state index in [2.05, 4.69) is 56.0 Å². The number of aryl methyl sites for hydroxylation is 2. The summed E-state index contributed by atoms with van der Waals surface area (Å²) < 4.78 is 18.1. The SMILES string of the molecule is C=Cc1ccc(F)cc1.CCCC(=O)O.CCCCCOc1ccc2c(c1)CCc1ccccc1-2. The van der Waals surface area contributed by atoms with Crippen LogP contribution in [-0.2, 0) is 17.6 Å². The topological polar surface area (TPSA) is 46.5 Å². The van der Waals surface area contributed by atoms with Crippen molar-refractivity contribution in [3.05, 3.63) is 95.8 Å². The fraction of sp³-hybridized carbons (Fsp3) is 0.323. The van der Waals surface area contributed by atoms with Gasteiger partial charge in [-0.25, -0.2) is 4.39 Å². The van der Waals surface area contributed by atoms with Gasteiger partial charge in [0, 0.05) is 6.42 Å². The summed E-state index contributed by atoms with van der Waals surface area (Å²) in [5, 5.41) is 7.91. The fourth-order valence-corrected chi connectivity index (χ4v) is 3.75. The third-order valence-corrected chi connectivity index (χ3v) is 5.63. The minimum Gasteiger partial charge on any atom is -0.494 e. The molecule has 186 valence electrons. The molecule has 35 heavy (non-hydrogen) atoms. The van der Waals surface area contributed by atoms with Crippen molar-refractivity contribution in [2.75, 3.05) is 6.61 Å². The predicted molar refractivity (Wildman–Crippen MR) is 143 cm³/mol. The zero-order valence-electron chi connectivity index (χ0n) is 20.9. The van der Waals surface area contributed by atoms with Crippen molar-refractivity contribution >= 4 is 12.0 Å². The Balaban J connectivity index is 0.000000238. The first kappa shape index (κ1) is 27.8. The molecule has 0 atom stereocenters. The van der Waals surface area contributed by atoms with Crippen LogP contribution >= 0.6 is 0 Å². The number of carboxylic acid groups (broad SMARTS) is 1. The van der Waals surface area contributed by atoms with Gasteiger partial charge in [-0.05, 0) is 77.8 Å². The predicted octanol–water partition coefficient (Wildman–Crippen LogP) is 8.36. The smallest absolute Gasteiger partial charge is 0.303 e. The summed E-state index contributed by atoms with van der Waals surface area (Å²) in [4.78, 5) is 9.60. The molecule has 4 rings (SSSR count). The van der Waals surface area contributed by atoms with E-state index in [1.54, 1.807) is 18.2 Å². The highest BCUT2D eigenvalue weighted by Gasteiger charge is 2.15. The normalized spacial score (nSPS) is 10.9. The van der Waals surface area contributed by atoms with Gasteiger partial charge in [-0.2, -0.15) is 0 Å². The minimum absolute atomic E-state index is 0.208. The Morgan fingerprint density at radius 3 is 2.26 bits per heavy atom. The molecule has 1 aliphatic rings. The van der Waals surface area contributed by atoms with Crippen molar-refractivity contribution in [1.29, 1.82) is 0 Å². The average molecular weight is 477 g/mol. The van der Waals surface area contributed by atoms with Crippen molar-refractivity contribution in [3.8, 4) is 16.9 Å². The van der Waals surface area contributed by atoms with E-state index < -0.39 is 5.97 Å².